The van der Waals surface area contributed by atoms with Crippen molar-refractivity contribution in [1.82, 2.24) is 5.32 Å². The predicted octanol–water partition coefficient (Wildman–Crippen LogP) is 2.02. The Balaban J connectivity index is 4.19. The first-order valence-corrected chi connectivity index (χ1v) is 5.50. The van der Waals surface area contributed by atoms with Crippen LogP contribution in [0, 0.1) is 5.92 Å². The Hall–Kier alpha value is -0.120. The van der Waals surface area contributed by atoms with Gasteiger partial charge in [0.25, 0.3) is 0 Å². The van der Waals surface area contributed by atoms with Crippen LogP contribution in [0.5, 0.6) is 0 Å². The van der Waals surface area contributed by atoms with Crippen molar-refractivity contribution in [2.24, 2.45) is 5.92 Å². The lowest BCUT2D eigenvalue weighted by Crippen LogP contribution is -2.46. The van der Waals surface area contributed by atoms with Crippen molar-refractivity contribution in [3.63, 3.8) is 0 Å². The van der Waals surface area contributed by atoms with Gasteiger partial charge in [0.15, 0.2) is 6.29 Å². The van der Waals surface area contributed by atoms with Crippen LogP contribution >= 0.6 is 0 Å². The van der Waals surface area contributed by atoms with Gasteiger partial charge < -0.3 is 14.8 Å². The third kappa shape index (κ3) is 4.40. The summed E-state index contributed by atoms with van der Waals surface area (Å²) in [5, 5.41) is 3.47. The summed E-state index contributed by atoms with van der Waals surface area (Å²) in [6.07, 6.45) is 2.12. The van der Waals surface area contributed by atoms with Crippen molar-refractivity contribution in [1.29, 1.82) is 0 Å². The Bertz CT molecular complexity index is 126. The first kappa shape index (κ1) is 13.9. The number of rotatable bonds is 8. The smallest absolute Gasteiger partial charge is 0.172 e. The molecule has 0 bridgehead atoms. The van der Waals surface area contributed by atoms with E-state index in [9.17, 15) is 0 Å². The summed E-state index contributed by atoms with van der Waals surface area (Å²) in [7, 11) is 3.38. The lowest BCUT2D eigenvalue weighted by molar-refractivity contribution is -0.132. The maximum Gasteiger partial charge on any atom is 0.172 e. The molecule has 0 heterocycles. The minimum atomic E-state index is -0.142. The van der Waals surface area contributed by atoms with Crippen LogP contribution in [0.2, 0.25) is 0 Å². The molecule has 0 aromatic heterocycles. The minimum Gasteiger partial charge on any atom is -0.354 e. The van der Waals surface area contributed by atoms with Gasteiger partial charge in [-0.25, -0.2) is 0 Å². The van der Waals surface area contributed by atoms with Crippen LogP contribution in [0.15, 0.2) is 0 Å². The largest absolute Gasteiger partial charge is 0.354 e. The normalized spacial score (nSPS) is 15.9. The van der Waals surface area contributed by atoms with Crippen LogP contribution in [0.4, 0.5) is 0 Å². The van der Waals surface area contributed by atoms with Gasteiger partial charge in [0.05, 0.1) is 6.04 Å². The summed E-state index contributed by atoms with van der Waals surface area (Å²) < 4.78 is 10.6. The molecule has 2 atom stereocenters. The predicted molar refractivity (Wildman–Crippen MR) is 59.3 cm³/mol. The third-order valence-corrected chi connectivity index (χ3v) is 2.64. The standard InChI is InChI=1S/C11H25NO2/c1-6-8-12-10(9(3)7-2)11(13-4)14-5/h9-12H,6-8H2,1-5H3. The molecule has 0 aromatic rings. The van der Waals surface area contributed by atoms with Gasteiger partial charge in [-0.15, -0.1) is 0 Å². The molecule has 0 aliphatic heterocycles. The van der Waals surface area contributed by atoms with Gasteiger partial charge in [-0.05, 0) is 18.9 Å². The van der Waals surface area contributed by atoms with Gasteiger partial charge in [0, 0.05) is 14.2 Å². The molecule has 3 nitrogen and oxygen atoms in total. The second-order valence-electron chi connectivity index (χ2n) is 3.71. The fourth-order valence-electron chi connectivity index (χ4n) is 1.52. The zero-order valence-electron chi connectivity index (χ0n) is 10.2. The van der Waals surface area contributed by atoms with E-state index < -0.39 is 0 Å². The number of nitrogens with one attached hydrogen (secondary N) is 1. The molecule has 2 unspecified atom stereocenters. The molecule has 14 heavy (non-hydrogen) atoms. The number of hydrogen-bond donors (Lipinski definition) is 1. The highest BCUT2D eigenvalue weighted by Gasteiger charge is 2.24. The molecule has 3 heteroatoms. The average molecular weight is 203 g/mol. The highest BCUT2D eigenvalue weighted by atomic mass is 16.7. The third-order valence-electron chi connectivity index (χ3n) is 2.64. The second kappa shape index (κ2) is 8.21. The van der Waals surface area contributed by atoms with E-state index in [1.54, 1.807) is 14.2 Å². The second-order valence-corrected chi connectivity index (χ2v) is 3.71. The van der Waals surface area contributed by atoms with Gasteiger partial charge in [0.1, 0.15) is 0 Å². The molecule has 0 amide bonds. The molecule has 0 rings (SSSR count). The molecule has 0 aliphatic rings. The molecule has 0 saturated heterocycles. The van der Waals surface area contributed by atoms with Crippen molar-refractivity contribution in [3.8, 4) is 0 Å². The van der Waals surface area contributed by atoms with E-state index in [0.29, 0.717) is 5.92 Å². The molecule has 0 spiro atoms. The van der Waals surface area contributed by atoms with Crippen molar-refractivity contribution in [2.45, 2.75) is 45.9 Å². The summed E-state index contributed by atoms with van der Waals surface area (Å²) in [5.41, 5.74) is 0. The maximum absolute atomic E-state index is 5.30. The first-order valence-electron chi connectivity index (χ1n) is 5.50. The van der Waals surface area contributed by atoms with E-state index in [4.69, 9.17) is 9.47 Å². The summed E-state index contributed by atoms with van der Waals surface area (Å²) in [5.74, 6) is 0.562. The monoisotopic (exact) mass is 203 g/mol. The zero-order chi connectivity index (χ0) is 11.0. The zero-order valence-corrected chi connectivity index (χ0v) is 10.2. The van der Waals surface area contributed by atoms with E-state index in [1.807, 2.05) is 0 Å². The fraction of sp³-hybridized carbons (Fsp3) is 1.00. The fourth-order valence-corrected chi connectivity index (χ4v) is 1.52. The molecule has 0 aromatic carbocycles. The Morgan fingerprint density at radius 1 is 1.14 bits per heavy atom. The molecule has 1 N–H and O–H groups in total. The highest BCUT2D eigenvalue weighted by Crippen LogP contribution is 2.14. The van der Waals surface area contributed by atoms with Gasteiger partial charge in [0.2, 0.25) is 0 Å². The van der Waals surface area contributed by atoms with Crippen molar-refractivity contribution < 1.29 is 9.47 Å². The van der Waals surface area contributed by atoms with Crippen LogP contribution in [-0.2, 0) is 9.47 Å². The number of ether oxygens (including phenoxy) is 2. The van der Waals surface area contributed by atoms with Crippen molar-refractivity contribution >= 4 is 0 Å². The molecule has 0 fully saturated rings. The molecular formula is C11H25NO2. The lowest BCUT2D eigenvalue weighted by atomic mass is 9.98. The van der Waals surface area contributed by atoms with Crippen LogP contribution in [0.3, 0.4) is 0 Å². The molecular weight excluding hydrogens is 178 g/mol. The van der Waals surface area contributed by atoms with Crippen LogP contribution in [-0.4, -0.2) is 33.1 Å². The van der Waals surface area contributed by atoms with Crippen LogP contribution in [0.25, 0.3) is 0 Å². The summed E-state index contributed by atoms with van der Waals surface area (Å²) in [6.45, 7) is 7.58. The Labute approximate surface area is 88.2 Å². The van der Waals surface area contributed by atoms with E-state index in [1.165, 1.54) is 0 Å². The van der Waals surface area contributed by atoms with E-state index in [2.05, 4.69) is 26.1 Å². The summed E-state index contributed by atoms with van der Waals surface area (Å²) in [6, 6.07) is 0.287. The molecule has 0 aliphatic carbocycles. The molecule has 0 radical (unpaired) electrons. The van der Waals surface area contributed by atoms with Gasteiger partial charge in [-0.1, -0.05) is 27.2 Å². The first-order chi connectivity index (χ1) is 6.71. The van der Waals surface area contributed by atoms with Crippen molar-refractivity contribution in [3.05, 3.63) is 0 Å². The van der Waals surface area contributed by atoms with E-state index in [-0.39, 0.29) is 12.3 Å². The number of hydrogen-bond acceptors (Lipinski definition) is 3. The average Bonchev–Trinajstić information content (AvgIpc) is 2.23. The highest BCUT2D eigenvalue weighted by molar-refractivity contribution is 4.75. The van der Waals surface area contributed by atoms with Crippen LogP contribution < -0.4 is 5.32 Å². The van der Waals surface area contributed by atoms with Gasteiger partial charge in [-0.2, -0.15) is 0 Å². The summed E-state index contributed by atoms with van der Waals surface area (Å²) in [4.78, 5) is 0. The van der Waals surface area contributed by atoms with Gasteiger partial charge in [-0.3, -0.25) is 0 Å². The number of methoxy groups -OCH3 is 2. The molecule has 0 saturated carbocycles. The maximum atomic E-state index is 5.30. The quantitative estimate of drug-likeness (QED) is 0.612. The van der Waals surface area contributed by atoms with E-state index in [0.717, 1.165) is 19.4 Å². The van der Waals surface area contributed by atoms with Crippen molar-refractivity contribution in [2.75, 3.05) is 20.8 Å². The minimum absolute atomic E-state index is 0.142. The summed E-state index contributed by atoms with van der Waals surface area (Å²) >= 11 is 0. The Kier molecular flexibility index (Phi) is 8.14. The SMILES string of the molecule is CCCNC(C(C)CC)C(OC)OC. The Morgan fingerprint density at radius 2 is 1.71 bits per heavy atom. The van der Waals surface area contributed by atoms with E-state index >= 15 is 0 Å². The Morgan fingerprint density at radius 3 is 2.07 bits per heavy atom. The van der Waals surface area contributed by atoms with Gasteiger partial charge >= 0.3 is 0 Å². The topological polar surface area (TPSA) is 30.5 Å². The lowest BCUT2D eigenvalue weighted by Gasteiger charge is -2.30. The molecule has 86 valence electrons. The van der Waals surface area contributed by atoms with Crippen LogP contribution in [0.1, 0.15) is 33.6 Å².